The number of nitrogens with zero attached hydrogens (tertiary/aromatic N) is 3. The van der Waals surface area contributed by atoms with Crippen molar-refractivity contribution >= 4 is 5.69 Å². The second-order valence-corrected chi connectivity index (χ2v) is 4.65. The summed E-state index contributed by atoms with van der Waals surface area (Å²) in [5, 5.41) is 4.46. The lowest BCUT2D eigenvalue weighted by atomic mass is 10.2. The third-order valence-corrected chi connectivity index (χ3v) is 3.21. The predicted octanol–water partition coefficient (Wildman–Crippen LogP) is 1.95. The maximum atomic E-state index is 5.81. The lowest BCUT2D eigenvalue weighted by Gasteiger charge is -2.06. The molecule has 94 valence electrons. The molecule has 1 aromatic heterocycles. The summed E-state index contributed by atoms with van der Waals surface area (Å²) in [6.07, 6.45) is 2.41. The van der Waals surface area contributed by atoms with E-state index in [1.807, 2.05) is 29.9 Å². The number of methoxy groups -OCH3 is 1. The van der Waals surface area contributed by atoms with Crippen LogP contribution in [0.3, 0.4) is 0 Å². The fourth-order valence-electron chi connectivity index (χ4n) is 2.02. The van der Waals surface area contributed by atoms with Crippen LogP contribution in [0, 0.1) is 0 Å². The standard InChI is InChI=1S/C13H16N4O/c1-17-13(15-12(16-17)8-3-4-8)9-5-6-10(14)11(7-9)18-2/h5-8H,3-4,14H2,1-2H3. The molecule has 5 nitrogen and oxygen atoms in total. The van der Waals surface area contributed by atoms with E-state index in [2.05, 4.69) is 10.1 Å². The summed E-state index contributed by atoms with van der Waals surface area (Å²) in [4.78, 5) is 4.60. The van der Waals surface area contributed by atoms with E-state index in [4.69, 9.17) is 10.5 Å². The molecule has 0 aliphatic heterocycles. The Morgan fingerprint density at radius 1 is 1.39 bits per heavy atom. The van der Waals surface area contributed by atoms with Gasteiger partial charge in [-0.3, -0.25) is 0 Å². The van der Waals surface area contributed by atoms with Gasteiger partial charge in [-0.15, -0.1) is 0 Å². The van der Waals surface area contributed by atoms with Crippen molar-refractivity contribution in [2.45, 2.75) is 18.8 Å². The summed E-state index contributed by atoms with van der Waals surface area (Å²) in [7, 11) is 3.53. The highest BCUT2D eigenvalue weighted by atomic mass is 16.5. The third-order valence-electron chi connectivity index (χ3n) is 3.21. The number of hydrogen-bond acceptors (Lipinski definition) is 4. The quantitative estimate of drug-likeness (QED) is 0.838. The number of rotatable bonds is 3. The zero-order valence-corrected chi connectivity index (χ0v) is 10.6. The van der Waals surface area contributed by atoms with E-state index >= 15 is 0 Å². The van der Waals surface area contributed by atoms with E-state index in [1.165, 1.54) is 12.8 Å². The van der Waals surface area contributed by atoms with Gasteiger partial charge >= 0.3 is 0 Å². The van der Waals surface area contributed by atoms with Crippen LogP contribution in [0.5, 0.6) is 5.75 Å². The molecule has 0 saturated heterocycles. The summed E-state index contributed by atoms with van der Waals surface area (Å²) in [5.41, 5.74) is 7.42. The summed E-state index contributed by atoms with van der Waals surface area (Å²) in [6.45, 7) is 0. The lowest BCUT2D eigenvalue weighted by molar-refractivity contribution is 0.417. The van der Waals surface area contributed by atoms with E-state index in [1.54, 1.807) is 7.11 Å². The second-order valence-electron chi connectivity index (χ2n) is 4.65. The van der Waals surface area contributed by atoms with Crippen LogP contribution in [0.25, 0.3) is 11.4 Å². The molecule has 0 spiro atoms. The molecule has 1 aliphatic rings. The molecule has 1 saturated carbocycles. The van der Waals surface area contributed by atoms with Gasteiger partial charge in [0.1, 0.15) is 5.75 Å². The second kappa shape index (κ2) is 4.01. The Morgan fingerprint density at radius 3 is 2.83 bits per heavy atom. The molecule has 0 radical (unpaired) electrons. The number of nitrogen functional groups attached to an aromatic ring is 1. The molecule has 18 heavy (non-hydrogen) atoms. The average molecular weight is 244 g/mol. The van der Waals surface area contributed by atoms with Crippen molar-refractivity contribution in [3.63, 3.8) is 0 Å². The molecule has 1 heterocycles. The minimum absolute atomic E-state index is 0.556. The Hall–Kier alpha value is -2.04. The molecule has 0 unspecified atom stereocenters. The van der Waals surface area contributed by atoms with Gasteiger partial charge in [0.15, 0.2) is 11.6 Å². The molecule has 0 atom stereocenters. The Balaban J connectivity index is 2.03. The zero-order chi connectivity index (χ0) is 12.7. The van der Waals surface area contributed by atoms with Crippen molar-refractivity contribution < 1.29 is 4.74 Å². The molecule has 0 amide bonds. The molecule has 1 aliphatic carbocycles. The van der Waals surface area contributed by atoms with Crippen molar-refractivity contribution in [1.82, 2.24) is 14.8 Å². The van der Waals surface area contributed by atoms with Gasteiger partial charge in [0.05, 0.1) is 12.8 Å². The van der Waals surface area contributed by atoms with E-state index in [0.29, 0.717) is 17.4 Å². The van der Waals surface area contributed by atoms with E-state index in [-0.39, 0.29) is 0 Å². The number of ether oxygens (including phenoxy) is 1. The molecule has 2 N–H and O–H groups in total. The lowest BCUT2D eigenvalue weighted by Crippen LogP contribution is -1.97. The van der Waals surface area contributed by atoms with Gasteiger partial charge < -0.3 is 10.5 Å². The molecule has 2 aromatic rings. The van der Waals surface area contributed by atoms with Gasteiger partial charge in [0.2, 0.25) is 0 Å². The number of hydrogen-bond donors (Lipinski definition) is 1. The largest absolute Gasteiger partial charge is 0.495 e. The highest BCUT2D eigenvalue weighted by Gasteiger charge is 2.28. The van der Waals surface area contributed by atoms with Crippen LogP contribution in [-0.2, 0) is 7.05 Å². The first kappa shape index (κ1) is 11.1. The van der Waals surface area contributed by atoms with Crippen molar-refractivity contribution in [2.75, 3.05) is 12.8 Å². The van der Waals surface area contributed by atoms with Crippen molar-refractivity contribution in [3.05, 3.63) is 24.0 Å². The van der Waals surface area contributed by atoms with Gasteiger partial charge in [0, 0.05) is 18.5 Å². The van der Waals surface area contributed by atoms with Gasteiger partial charge in [-0.25, -0.2) is 9.67 Å². The number of nitrogens with two attached hydrogens (primary N) is 1. The van der Waals surface area contributed by atoms with Crippen LogP contribution in [0.2, 0.25) is 0 Å². The van der Waals surface area contributed by atoms with Crippen molar-refractivity contribution in [2.24, 2.45) is 7.05 Å². The topological polar surface area (TPSA) is 66.0 Å². The van der Waals surface area contributed by atoms with E-state index < -0.39 is 0 Å². The van der Waals surface area contributed by atoms with Crippen LogP contribution in [0.4, 0.5) is 5.69 Å². The molecular weight excluding hydrogens is 228 g/mol. The van der Waals surface area contributed by atoms with Crippen LogP contribution >= 0.6 is 0 Å². The van der Waals surface area contributed by atoms with Crippen molar-refractivity contribution in [3.8, 4) is 17.1 Å². The number of benzene rings is 1. The monoisotopic (exact) mass is 244 g/mol. The van der Waals surface area contributed by atoms with E-state index in [9.17, 15) is 0 Å². The Bertz CT molecular complexity index is 587. The fraction of sp³-hybridized carbons (Fsp3) is 0.385. The number of anilines is 1. The number of aryl methyl sites for hydroxylation is 1. The minimum atomic E-state index is 0.556. The van der Waals surface area contributed by atoms with Gasteiger partial charge in [0.25, 0.3) is 0 Å². The SMILES string of the molecule is COc1cc(-c2nc(C3CC3)nn2C)ccc1N. The first-order chi connectivity index (χ1) is 8.69. The maximum Gasteiger partial charge on any atom is 0.158 e. The van der Waals surface area contributed by atoms with Crippen LogP contribution in [0.1, 0.15) is 24.6 Å². The molecule has 5 heteroatoms. The average Bonchev–Trinajstić information content (AvgIpc) is 3.14. The first-order valence-electron chi connectivity index (χ1n) is 6.04. The normalized spacial score (nSPS) is 14.8. The summed E-state index contributed by atoms with van der Waals surface area (Å²) < 4.78 is 7.05. The van der Waals surface area contributed by atoms with E-state index in [0.717, 1.165) is 17.2 Å². The Labute approximate surface area is 106 Å². The van der Waals surface area contributed by atoms with Gasteiger partial charge in [-0.2, -0.15) is 5.10 Å². The molecule has 1 aromatic carbocycles. The van der Waals surface area contributed by atoms with Gasteiger partial charge in [-0.1, -0.05) is 0 Å². The highest BCUT2D eigenvalue weighted by Crippen LogP contribution is 2.39. The van der Waals surface area contributed by atoms with Crippen LogP contribution < -0.4 is 10.5 Å². The third kappa shape index (κ3) is 1.81. The summed E-state index contributed by atoms with van der Waals surface area (Å²) >= 11 is 0. The van der Waals surface area contributed by atoms with Crippen molar-refractivity contribution in [1.29, 1.82) is 0 Å². The highest BCUT2D eigenvalue weighted by molar-refractivity contribution is 5.65. The van der Waals surface area contributed by atoms with Crippen LogP contribution in [-0.4, -0.2) is 21.9 Å². The van der Waals surface area contributed by atoms with Crippen LogP contribution in [0.15, 0.2) is 18.2 Å². The molecular formula is C13H16N4O. The molecule has 1 fully saturated rings. The first-order valence-corrected chi connectivity index (χ1v) is 6.04. The fourth-order valence-corrected chi connectivity index (χ4v) is 2.02. The van der Waals surface area contributed by atoms with Gasteiger partial charge in [-0.05, 0) is 31.0 Å². The smallest absolute Gasteiger partial charge is 0.158 e. The summed E-state index contributed by atoms with van der Waals surface area (Å²) in [5.74, 6) is 3.03. The minimum Gasteiger partial charge on any atom is -0.495 e. The molecule has 0 bridgehead atoms. The summed E-state index contributed by atoms with van der Waals surface area (Å²) in [6, 6.07) is 5.67. The predicted molar refractivity (Wildman–Crippen MR) is 69.4 cm³/mol. The Kier molecular flexibility index (Phi) is 2.47. The number of aromatic nitrogens is 3. The Morgan fingerprint density at radius 2 is 2.17 bits per heavy atom. The maximum absolute atomic E-state index is 5.81. The zero-order valence-electron chi connectivity index (χ0n) is 10.6. The molecule has 3 rings (SSSR count).